The Kier molecular flexibility index (Phi) is 8.33. The van der Waals surface area contributed by atoms with Crippen LogP contribution in [-0.4, -0.2) is 30.3 Å². The number of hydrogen-bond donors (Lipinski definition) is 1. The van der Waals surface area contributed by atoms with Crippen molar-refractivity contribution in [3.05, 3.63) is 53.8 Å². The lowest BCUT2D eigenvalue weighted by atomic mass is 10.2. The van der Waals surface area contributed by atoms with E-state index in [1.54, 1.807) is 19.2 Å². The second-order valence-electron chi connectivity index (χ2n) is 6.19. The van der Waals surface area contributed by atoms with Gasteiger partial charge in [0.1, 0.15) is 5.82 Å². The lowest BCUT2D eigenvalue weighted by molar-refractivity contribution is 0.293. The predicted octanol–water partition coefficient (Wildman–Crippen LogP) is 5.23. The highest BCUT2D eigenvalue weighted by molar-refractivity contribution is 7.80. The number of methoxy groups -OCH3 is 1. The lowest BCUT2D eigenvalue weighted by Gasteiger charge is -2.26. The summed E-state index contributed by atoms with van der Waals surface area (Å²) in [5.74, 6) is 1.20. The van der Waals surface area contributed by atoms with E-state index in [0.717, 1.165) is 42.1 Å². The molecule has 0 heterocycles. The number of benzene rings is 2. The number of thiocarbonyl (C=S) groups is 1. The van der Waals surface area contributed by atoms with Crippen LogP contribution in [0, 0.1) is 5.82 Å². The number of ether oxygens (including phenoxy) is 2. The standard InChI is InChI=1S/C21H27FN2O2S/c1-4-12-24(21(27)23-18-9-7-17(22)8-10-18)15-16-6-11-19(26-13-5-2)20(14-16)25-3/h6-11,14H,4-5,12-13,15H2,1-3H3,(H,23,27). The van der Waals surface area contributed by atoms with Gasteiger partial charge in [0.25, 0.3) is 0 Å². The van der Waals surface area contributed by atoms with E-state index in [2.05, 4.69) is 24.1 Å². The molecule has 0 spiro atoms. The minimum Gasteiger partial charge on any atom is -0.493 e. The molecule has 0 saturated carbocycles. The molecular weight excluding hydrogens is 363 g/mol. The Morgan fingerprint density at radius 3 is 2.44 bits per heavy atom. The molecule has 2 rings (SSSR count). The fraction of sp³-hybridized carbons (Fsp3) is 0.381. The van der Waals surface area contributed by atoms with Crippen molar-refractivity contribution in [2.75, 3.05) is 25.6 Å². The van der Waals surface area contributed by atoms with Crippen LogP contribution in [0.25, 0.3) is 0 Å². The average Bonchev–Trinajstić information content (AvgIpc) is 2.68. The molecule has 0 unspecified atom stereocenters. The van der Waals surface area contributed by atoms with Crippen LogP contribution in [0.1, 0.15) is 32.3 Å². The van der Waals surface area contributed by atoms with Gasteiger partial charge in [0.2, 0.25) is 0 Å². The van der Waals surface area contributed by atoms with Gasteiger partial charge in [-0.15, -0.1) is 0 Å². The third-order valence-electron chi connectivity index (χ3n) is 3.94. The SMILES string of the molecule is CCCOc1ccc(CN(CCC)C(=S)Nc2ccc(F)cc2)cc1OC. The molecule has 2 aromatic rings. The highest BCUT2D eigenvalue weighted by Crippen LogP contribution is 2.29. The van der Waals surface area contributed by atoms with Crippen LogP contribution in [0.5, 0.6) is 11.5 Å². The fourth-order valence-electron chi connectivity index (χ4n) is 2.62. The molecule has 0 bridgehead atoms. The molecule has 0 aliphatic carbocycles. The molecule has 0 aromatic heterocycles. The van der Waals surface area contributed by atoms with Gasteiger partial charge in [-0.25, -0.2) is 4.39 Å². The van der Waals surface area contributed by atoms with Crippen LogP contribution in [0.15, 0.2) is 42.5 Å². The van der Waals surface area contributed by atoms with Gasteiger partial charge >= 0.3 is 0 Å². The Bertz CT molecular complexity index is 737. The van der Waals surface area contributed by atoms with Crippen molar-refractivity contribution in [2.45, 2.75) is 33.2 Å². The highest BCUT2D eigenvalue weighted by atomic mass is 32.1. The summed E-state index contributed by atoms with van der Waals surface area (Å²) in [6.07, 6.45) is 1.90. The maximum atomic E-state index is 13.1. The molecule has 0 aliphatic rings. The van der Waals surface area contributed by atoms with Gasteiger partial charge in [-0.3, -0.25) is 0 Å². The molecule has 0 amide bonds. The molecule has 0 radical (unpaired) electrons. The molecule has 146 valence electrons. The van der Waals surface area contributed by atoms with Gasteiger partial charge in [-0.05, 0) is 67.0 Å². The molecule has 0 atom stereocenters. The second kappa shape index (κ2) is 10.7. The summed E-state index contributed by atoms with van der Waals surface area (Å²) in [6, 6.07) is 12.1. The Morgan fingerprint density at radius 2 is 1.81 bits per heavy atom. The normalized spacial score (nSPS) is 10.4. The van der Waals surface area contributed by atoms with Gasteiger partial charge in [0, 0.05) is 18.8 Å². The Labute approximate surface area is 166 Å². The van der Waals surface area contributed by atoms with Crippen LogP contribution in [0.3, 0.4) is 0 Å². The molecule has 2 aromatic carbocycles. The zero-order chi connectivity index (χ0) is 19.6. The number of nitrogens with one attached hydrogen (secondary N) is 1. The Hall–Kier alpha value is -2.34. The van der Waals surface area contributed by atoms with Gasteiger partial charge in [-0.1, -0.05) is 19.9 Å². The van der Waals surface area contributed by atoms with Gasteiger partial charge in [-0.2, -0.15) is 0 Å². The molecule has 1 N–H and O–H groups in total. The van der Waals surface area contributed by atoms with E-state index in [-0.39, 0.29) is 5.82 Å². The number of hydrogen-bond acceptors (Lipinski definition) is 3. The zero-order valence-corrected chi connectivity index (χ0v) is 16.9. The summed E-state index contributed by atoms with van der Waals surface area (Å²) >= 11 is 5.56. The van der Waals surface area contributed by atoms with E-state index in [4.69, 9.17) is 21.7 Å². The smallest absolute Gasteiger partial charge is 0.173 e. The van der Waals surface area contributed by atoms with Crippen molar-refractivity contribution in [3.8, 4) is 11.5 Å². The van der Waals surface area contributed by atoms with Gasteiger partial charge in [0.15, 0.2) is 16.6 Å². The Morgan fingerprint density at radius 1 is 1.07 bits per heavy atom. The summed E-state index contributed by atoms with van der Waals surface area (Å²) in [4.78, 5) is 2.08. The van der Waals surface area contributed by atoms with E-state index >= 15 is 0 Å². The number of nitrogens with zero attached hydrogens (tertiary/aromatic N) is 1. The first-order valence-corrected chi connectivity index (χ1v) is 9.59. The van der Waals surface area contributed by atoms with Crippen molar-refractivity contribution in [1.29, 1.82) is 0 Å². The zero-order valence-electron chi connectivity index (χ0n) is 16.1. The third-order valence-corrected chi connectivity index (χ3v) is 4.30. The molecular formula is C21H27FN2O2S. The topological polar surface area (TPSA) is 33.7 Å². The fourth-order valence-corrected chi connectivity index (χ4v) is 2.89. The largest absolute Gasteiger partial charge is 0.493 e. The van der Waals surface area contributed by atoms with E-state index in [1.807, 2.05) is 18.2 Å². The monoisotopic (exact) mass is 390 g/mol. The second-order valence-corrected chi connectivity index (χ2v) is 6.58. The third kappa shape index (κ3) is 6.40. The van der Waals surface area contributed by atoms with Crippen LogP contribution < -0.4 is 14.8 Å². The molecule has 6 heteroatoms. The number of rotatable bonds is 9. The van der Waals surface area contributed by atoms with Crippen molar-refractivity contribution in [1.82, 2.24) is 4.90 Å². The quantitative estimate of drug-likeness (QED) is 0.593. The Balaban J connectivity index is 2.09. The van der Waals surface area contributed by atoms with Crippen molar-refractivity contribution in [3.63, 3.8) is 0 Å². The molecule has 0 aliphatic heterocycles. The van der Waals surface area contributed by atoms with E-state index in [1.165, 1.54) is 12.1 Å². The summed E-state index contributed by atoms with van der Waals surface area (Å²) < 4.78 is 24.3. The van der Waals surface area contributed by atoms with E-state index in [0.29, 0.717) is 18.3 Å². The minimum absolute atomic E-state index is 0.269. The number of anilines is 1. The van der Waals surface area contributed by atoms with Gasteiger partial charge < -0.3 is 19.7 Å². The van der Waals surface area contributed by atoms with E-state index < -0.39 is 0 Å². The number of halogens is 1. The summed E-state index contributed by atoms with van der Waals surface area (Å²) in [7, 11) is 1.64. The maximum absolute atomic E-state index is 13.1. The molecule has 27 heavy (non-hydrogen) atoms. The predicted molar refractivity (Wildman–Crippen MR) is 112 cm³/mol. The first kappa shape index (κ1) is 21.0. The summed E-state index contributed by atoms with van der Waals surface area (Å²) in [5, 5.41) is 3.78. The maximum Gasteiger partial charge on any atom is 0.173 e. The lowest BCUT2D eigenvalue weighted by Crippen LogP contribution is -2.34. The van der Waals surface area contributed by atoms with Crippen molar-refractivity contribution in [2.24, 2.45) is 0 Å². The van der Waals surface area contributed by atoms with E-state index in [9.17, 15) is 4.39 Å². The summed E-state index contributed by atoms with van der Waals surface area (Å²) in [5.41, 5.74) is 1.84. The molecule has 4 nitrogen and oxygen atoms in total. The van der Waals surface area contributed by atoms with Crippen LogP contribution in [0.2, 0.25) is 0 Å². The average molecular weight is 391 g/mol. The van der Waals surface area contributed by atoms with Crippen molar-refractivity contribution < 1.29 is 13.9 Å². The first-order valence-electron chi connectivity index (χ1n) is 9.18. The van der Waals surface area contributed by atoms with Crippen LogP contribution >= 0.6 is 12.2 Å². The minimum atomic E-state index is -0.269. The van der Waals surface area contributed by atoms with Crippen molar-refractivity contribution >= 4 is 23.0 Å². The summed E-state index contributed by atoms with van der Waals surface area (Å²) in [6.45, 7) is 6.28. The first-order chi connectivity index (χ1) is 13.1. The van der Waals surface area contributed by atoms with Crippen LogP contribution in [0.4, 0.5) is 10.1 Å². The van der Waals surface area contributed by atoms with Crippen LogP contribution in [-0.2, 0) is 6.54 Å². The van der Waals surface area contributed by atoms with Gasteiger partial charge in [0.05, 0.1) is 13.7 Å². The molecule has 0 saturated heterocycles. The highest BCUT2D eigenvalue weighted by Gasteiger charge is 2.12. The molecule has 0 fully saturated rings.